The number of anilines is 1. The lowest BCUT2D eigenvalue weighted by molar-refractivity contribution is 0.225. The Hall–Kier alpha value is -3.13. The number of carbonyl (C=O) groups is 1. The maximum Gasteiger partial charge on any atom is 0.327 e. The smallest absolute Gasteiger partial charge is 0.307 e. The van der Waals surface area contributed by atoms with E-state index >= 15 is 0 Å². The third kappa shape index (κ3) is 3.06. The topological polar surface area (TPSA) is 80.0 Å². The van der Waals surface area contributed by atoms with Crippen molar-refractivity contribution in [3.63, 3.8) is 0 Å². The molecule has 0 saturated carbocycles. The highest BCUT2D eigenvalue weighted by molar-refractivity contribution is 6.03. The standard InChI is InChI=1S/C18H16N4O/c19-12-13-5-4-8-15(11-13)21-18(23)22-16(9-10-17(22)20)14-6-2-1-3-7-14/h1-8,11,16,20H,9-10H2,(H,21,23). The van der Waals surface area contributed by atoms with Crippen LogP contribution < -0.4 is 5.32 Å². The molecule has 1 heterocycles. The summed E-state index contributed by atoms with van der Waals surface area (Å²) in [6.45, 7) is 0. The lowest BCUT2D eigenvalue weighted by Gasteiger charge is -2.25. The molecule has 1 unspecified atom stereocenters. The summed E-state index contributed by atoms with van der Waals surface area (Å²) in [6.07, 6.45) is 1.32. The van der Waals surface area contributed by atoms with Gasteiger partial charge in [0.05, 0.1) is 17.7 Å². The van der Waals surface area contributed by atoms with Crippen molar-refractivity contribution in [1.29, 1.82) is 10.7 Å². The third-order valence-electron chi connectivity index (χ3n) is 3.90. The van der Waals surface area contributed by atoms with Gasteiger partial charge in [-0.05, 0) is 30.2 Å². The molecule has 1 fully saturated rings. The van der Waals surface area contributed by atoms with Gasteiger partial charge in [-0.3, -0.25) is 10.3 Å². The molecule has 5 nitrogen and oxygen atoms in total. The van der Waals surface area contributed by atoms with Crippen LogP contribution in [0.3, 0.4) is 0 Å². The minimum atomic E-state index is -0.337. The van der Waals surface area contributed by atoms with Gasteiger partial charge in [0.2, 0.25) is 0 Å². The predicted molar refractivity (Wildman–Crippen MR) is 88.2 cm³/mol. The lowest BCUT2D eigenvalue weighted by atomic mass is 10.1. The van der Waals surface area contributed by atoms with Crippen molar-refractivity contribution in [1.82, 2.24) is 4.90 Å². The highest BCUT2D eigenvalue weighted by Gasteiger charge is 2.34. The van der Waals surface area contributed by atoms with Crippen LogP contribution in [0.25, 0.3) is 0 Å². The number of rotatable bonds is 2. The zero-order valence-electron chi connectivity index (χ0n) is 12.5. The molecule has 1 aliphatic rings. The van der Waals surface area contributed by atoms with Crippen molar-refractivity contribution in [2.45, 2.75) is 18.9 Å². The first kappa shape index (κ1) is 14.8. The Balaban J connectivity index is 1.82. The summed E-state index contributed by atoms with van der Waals surface area (Å²) in [4.78, 5) is 14.1. The van der Waals surface area contributed by atoms with E-state index in [0.717, 1.165) is 12.0 Å². The van der Waals surface area contributed by atoms with Crippen LogP contribution in [-0.4, -0.2) is 16.8 Å². The van der Waals surface area contributed by atoms with Gasteiger partial charge in [-0.1, -0.05) is 36.4 Å². The van der Waals surface area contributed by atoms with Crippen LogP contribution in [0.2, 0.25) is 0 Å². The van der Waals surface area contributed by atoms with Gasteiger partial charge < -0.3 is 5.32 Å². The number of amidine groups is 1. The average Bonchev–Trinajstić information content (AvgIpc) is 2.97. The number of carbonyl (C=O) groups excluding carboxylic acids is 1. The molecule has 0 radical (unpaired) electrons. The molecule has 0 aromatic heterocycles. The van der Waals surface area contributed by atoms with E-state index in [2.05, 4.69) is 5.32 Å². The fourth-order valence-corrected chi connectivity index (χ4v) is 2.82. The number of nitrogens with one attached hydrogen (secondary N) is 2. The second kappa shape index (κ2) is 6.32. The maximum absolute atomic E-state index is 12.6. The summed E-state index contributed by atoms with van der Waals surface area (Å²) in [5.41, 5.74) is 2.06. The summed E-state index contributed by atoms with van der Waals surface area (Å²) in [6, 6.07) is 18.1. The van der Waals surface area contributed by atoms with E-state index in [1.165, 1.54) is 4.90 Å². The van der Waals surface area contributed by atoms with Crippen LogP contribution in [0.5, 0.6) is 0 Å². The predicted octanol–water partition coefficient (Wildman–Crippen LogP) is 3.90. The summed E-state index contributed by atoms with van der Waals surface area (Å²) < 4.78 is 0. The lowest BCUT2D eigenvalue weighted by Crippen LogP contribution is -2.37. The minimum Gasteiger partial charge on any atom is -0.307 e. The Morgan fingerprint density at radius 3 is 2.74 bits per heavy atom. The van der Waals surface area contributed by atoms with Gasteiger partial charge in [0.15, 0.2) is 0 Å². The van der Waals surface area contributed by atoms with Crippen LogP contribution in [0, 0.1) is 16.7 Å². The van der Waals surface area contributed by atoms with Gasteiger partial charge in [-0.15, -0.1) is 0 Å². The second-order valence-electron chi connectivity index (χ2n) is 5.40. The van der Waals surface area contributed by atoms with Gasteiger partial charge in [0.1, 0.15) is 5.84 Å². The summed E-state index contributed by atoms with van der Waals surface area (Å²) in [5, 5.41) is 19.8. The van der Waals surface area contributed by atoms with Crippen LogP contribution in [0.4, 0.5) is 10.5 Å². The van der Waals surface area contributed by atoms with Crippen molar-refractivity contribution >= 4 is 17.6 Å². The molecule has 2 aromatic carbocycles. The average molecular weight is 304 g/mol. The van der Waals surface area contributed by atoms with Crippen LogP contribution in [0.1, 0.15) is 30.0 Å². The van der Waals surface area contributed by atoms with E-state index in [4.69, 9.17) is 10.7 Å². The quantitative estimate of drug-likeness (QED) is 0.882. The molecule has 1 atom stereocenters. The fourth-order valence-electron chi connectivity index (χ4n) is 2.82. The SMILES string of the molecule is N#Cc1cccc(NC(=O)N2C(=N)CCC2c2ccccc2)c1. The molecule has 2 amide bonds. The fraction of sp³-hybridized carbons (Fsp3) is 0.167. The Morgan fingerprint density at radius 2 is 2.00 bits per heavy atom. The maximum atomic E-state index is 12.6. The monoisotopic (exact) mass is 304 g/mol. The molecule has 0 aliphatic carbocycles. The third-order valence-corrected chi connectivity index (χ3v) is 3.90. The molecular weight excluding hydrogens is 288 g/mol. The number of nitrogens with zero attached hydrogens (tertiary/aromatic N) is 2. The van der Waals surface area contributed by atoms with E-state index in [1.807, 2.05) is 36.4 Å². The molecule has 1 saturated heterocycles. The molecule has 0 spiro atoms. The van der Waals surface area contributed by atoms with Gasteiger partial charge in [0, 0.05) is 12.1 Å². The van der Waals surface area contributed by atoms with Crippen LogP contribution in [-0.2, 0) is 0 Å². The largest absolute Gasteiger partial charge is 0.327 e. The molecule has 3 rings (SSSR count). The number of hydrogen-bond donors (Lipinski definition) is 2. The van der Waals surface area contributed by atoms with E-state index in [0.29, 0.717) is 23.5 Å². The number of benzene rings is 2. The van der Waals surface area contributed by atoms with Crippen LogP contribution in [0.15, 0.2) is 54.6 Å². The number of nitriles is 1. The van der Waals surface area contributed by atoms with Crippen molar-refractivity contribution in [2.24, 2.45) is 0 Å². The van der Waals surface area contributed by atoms with E-state index < -0.39 is 0 Å². The molecule has 2 aromatic rings. The van der Waals surface area contributed by atoms with Gasteiger partial charge in [-0.25, -0.2) is 4.79 Å². The minimum absolute atomic E-state index is 0.122. The van der Waals surface area contributed by atoms with E-state index in [-0.39, 0.29) is 12.1 Å². The Morgan fingerprint density at radius 1 is 1.22 bits per heavy atom. The van der Waals surface area contributed by atoms with Crippen molar-refractivity contribution < 1.29 is 4.79 Å². The summed E-state index contributed by atoms with van der Waals surface area (Å²) in [5.74, 6) is 0.313. The highest BCUT2D eigenvalue weighted by atomic mass is 16.2. The number of likely N-dealkylation sites (tertiary alicyclic amines) is 1. The first-order valence-electron chi connectivity index (χ1n) is 7.42. The number of hydrogen-bond acceptors (Lipinski definition) is 3. The van der Waals surface area contributed by atoms with Crippen molar-refractivity contribution in [3.8, 4) is 6.07 Å². The molecule has 0 bridgehead atoms. The second-order valence-corrected chi connectivity index (χ2v) is 5.40. The Bertz CT molecular complexity index is 779. The molecule has 2 N–H and O–H groups in total. The van der Waals surface area contributed by atoms with Gasteiger partial charge in [0.25, 0.3) is 0 Å². The molecule has 1 aliphatic heterocycles. The van der Waals surface area contributed by atoms with Crippen molar-refractivity contribution in [2.75, 3.05) is 5.32 Å². The summed E-state index contributed by atoms with van der Waals surface area (Å²) >= 11 is 0. The Labute approximate surface area is 134 Å². The zero-order valence-corrected chi connectivity index (χ0v) is 12.5. The van der Waals surface area contributed by atoms with E-state index in [9.17, 15) is 4.79 Å². The number of urea groups is 1. The zero-order chi connectivity index (χ0) is 16.2. The molecule has 114 valence electrons. The molecule has 5 heteroatoms. The summed E-state index contributed by atoms with van der Waals surface area (Å²) in [7, 11) is 0. The first-order chi connectivity index (χ1) is 11.2. The van der Waals surface area contributed by atoms with Crippen molar-refractivity contribution in [3.05, 3.63) is 65.7 Å². The molecule has 23 heavy (non-hydrogen) atoms. The normalized spacial score (nSPS) is 16.9. The van der Waals surface area contributed by atoms with Gasteiger partial charge in [-0.2, -0.15) is 5.26 Å². The highest BCUT2D eigenvalue weighted by Crippen LogP contribution is 2.33. The Kier molecular flexibility index (Phi) is 4.07. The number of amides is 2. The van der Waals surface area contributed by atoms with Crippen LogP contribution >= 0.6 is 0 Å². The first-order valence-corrected chi connectivity index (χ1v) is 7.42. The van der Waals surface area contributed by atoms with E-state index in [1.54, 1.807) is 24.3 Å². The molecular formula is C18H16N4O. The van der Waals surface area contributed by atoms with Gasteiger partial charge >= 0.3 is 6.03 Å².